The summed E-state index contributed by atoms with van der Waals surface area (Å²) in [7, 11) is 0. The van der Waals surface area contributed by atoms with Crippen molar-refractivity contribution in [1.82, 2.24) is 0 Å². The van der Waals surface area contributed by atoms with Gasteiger partial charge in [0.2, 0.25) is 0 Å². The lowest BCUT2D eigenvalue weighted by Gasteiger charge is -2.08. The van der Waals surface area contributed by atoms with Crippen molar-refractivity contribution in [3.63, 3.8) is 0 Å². The summed E-state index contributed by atoms with van der Waals surface area (Å²) in [6.07, 6.45) is 3.37. The lowest BCUT2D eigenvalue weighted by atomic mass is 10.2. The normalized spacial score (nSPS) is 21.8. The van der Waals surface area contributed by atoms with Gasteiger partial charge in [0, 0.05) is 10.9 Å². The van der Waals surface area contributed by atoms with Crippen LogP contribution in [0.1, 0.15) is 26.2 Å². The molecular weight excluding hydrogens is 218 g/mol. The standard InChI is InChI=1S/C9H14BrNO/c1-3-4-5-9-11-6-8(12-9)7(2)10/h8H,2-6H2,1H3/t8-/m0/s1. The average Bonchev–Trinajstić information content (AvgIpc) is 2.48. The topological polar surface area (TPSA) is 21.6 Å². The molecule has 0 bridgehead atoms. The molecule has 1 atom stereocenters. The van der Waals surface area contributed by atoms with Crippen LogP contribution >= 0.6 is 15.9 Å². The third kappa shape index (κ3) is 2.63. The summed E-state index contributed by atoms with van der Waals surface area (Å²) in [4.78, 5) is 4.28. The van der Waals surface area contributed by atoms with Crippen LogP contribution in [0, 0.1) is 0 Å². The Morgan fingerprint density at radius 2 is 2.58 bits per heavy atom. The summed E-state index contributed by atoms with van der Waals surface area (Å²) in [6.45, 7) is 6.66. The van der Waals surface area contributed by atoms with E-state index in [1.165, 1.54) is 6.42 Å². The highest BCUT2D eigenvalue weighted by molar-refractivity contribution is 9.11. The van der Waals surface area contributed by atoms with Gasteiger partial charge in [-0.25, -0.2) is 0 Å². The first-order valence-corrected chi connectivity index (χ1v) is 5.07. The molecule has 3 heteroatoms. The van der Waals surface area contributed by atoms with E-state index in [0.717, 1.165) is 29.8 Å². The predicted molar refractivity (Wildman–Crippen MR) is 54.8 cm³/mol. The highest BCUT2D eigenvalue weighted by atomic mass is 79.9. The molecule has 1 aliphatic heterocycles. The summed E-state index contributed by atoms with van der Waals surface area (Å²) in [6, 6.07) is 0. The molecule has 1 aliphatic rings. The molecule has 0 N–H and O–H groups in total. The van der Waals surface area contributed by atoms with E-state index in [-0.39, 0.29) is 6.10 Å². The molecule has 0 saturated heterocycles. The number of halogens is 1. The molecule has 0 aromatic carbocycles. The maximum atomic E-state index is 5.53. The number of rotatable bonds is 4. The molecule has 0 unspecified atom stereocenters. The largest absolute Gasteiger partial charge is 0.470 e. The van der Waals surface area contributed by atoms with Gasteiger partial charge in [-0.1, -0.05) is 35.9 Å². The second kappa shape index (κ2) is 4.65. The minimum atomic E-state index is 0.0665. The van der Waals surface area contributed by atoms with Gasteiger partial charge in [0.25, 0.3) is 0 Å². The molecule has 0 fully saturated rings. The lowest BCUT2D eigenvalue weighted by molar-refractivity contribution is 0.264. The Morgan fingerprint density at radius 1 is 1.83 bits per heavy atom. The minimum Gasteiger partial charge on any atom is -0.470 e. The first kappa shape index (κ1) is 9.78. The van der Waals surface area contributed by atoms with Gasteiger partial charge in [-0.3, -0.25) is 4.99 Å². The minimum absolute atomic E-state index is 0.0665. The van der Waals surface area contributed by atoms with Crippen LogP contribution in [0.5, 0.6) is 0 Å². The fourth-order valence-electron chi connectivity index (χ4n) is 1.05. The van der Waals surface area contributed by atoms with Crippen LogP contribution < -0.4 is 0 Å². The Labute approximate surface area is 81.8 Å². The van der Waals surface area contributed by atoms with E-state index in [2.05, 4.69) is 34.4 Å². The summed E-state index contributed by atoms with van der Waals surface area (Å²) >= 11 is 3.30. The molecule has 2 nitrogen and oxygen atoms in total. The van der Waals surface area contributed by atoms with Crippen molar-refractivity contribution >= 4 is 21.8 Å². The van der Waals surface area contributed by atoms with Crippen LogP contribution in [0.25, 0.3) is 0 Å². The zero-order valence-corrected chi connectivity index (χ0v) is 8.93. The first-order chi connectivity index (χ1) is 5.74. The van der Waals surface area contributed by atoms with Crippen molar-refractivity contribution in [2.24, 2.45) is 4.99 Å². The van der Waals surface area contributed by atoms with Crippen LogP contribution in [0.2, 0.25) is 0 Å². The highest BCUT2D eigenvalue weighted by Gasteiger charge is 2.20. The van der Waals surface area contributed by atoms with E-state index in [1.807, 2.05) is 0 Å². The van der Waals surface area contributed by atoms with E-state index in [1.54, 1.807) is 0 Å². The third-order valence-electron chi connectivity index (χ3n) is 1.81. The summed E-state index contributed by atoms with van der Waals surface area (Å²) in [5.41, 5.74) is 0. The van der Waals surface area contributed by atoms with Crippen molar-refractivity contribution in [1.29, 1.82) is 0 Å². The van der Waals surface area contributed by atoms with E-state index < -0.39 is 0 Å². The molecule has 12 heavy (non-hydrogen) atoms. The SMILES string of the molecule is C=C(Br)[C@@H]1CN=C(CCCC)O1. The lowest BCUT2D eigenvalue weighted by Crippen LogP contribution is -2.12. The van der Waals surface area contributed by atoms with Crippen LogP contribution in [0.4, 0.5) is 0 Å². The van der Waals surface area contributed by atoms with Gasteiger partial charge >= 0.3 is 0 Å². The van der Waals surface area contributed by atoms with Crippen molar-refractivity contribution < 1.29 is 4.74 Å². The van der Waals surface area contributed by atoms with E-state index in [0.29, 0.717) is 0 Å². The molecule has 1 heterocycles. The van der Waals surface area contributed by atoms with Crippen molar-refractivity contribution in [2.45, 2.75) is 32.3 Å². The summed E-state index contributed by atoms with van der Waals surface area (Å²) < 4.78 is 6.42. The maximum Gasteiger partial charge on any atom is 0.184 e. The fourth-order valence-corrected chi connectivity index (χ4v) is 1.29. The molecular formula is C9H14BrNO. The van der Waals surface area contributed by atoms with Crippen molar-refractivity contribution in [3.8, 4) is 0 Å². The Hall–Kier alpha value is -0.310. The average molecular weight is 232 g/mol. The number of hydrogen-bond acceptors (Lipinski definition) is 2. The molecule has 0 spiro atoms. The molecule has 0 aromatic heterocycles. The van der Waals surface area contributed by atoms with Gasteiger partial charge in [-0.05, 0) is 6.42 Å². The maximum absolute atomic E-state index is 5.53. The zero-order chi connectivity index (χ0) is 8.97. The van der Waals surface area contributed by atoms with Crippen molar-refractivity contribution in [2.75, 3.05) is 6.54 Å². The molecule has 0 aromatic rings. The summed E-state index contributed by atoms with van der Waals surface area (Å²) in [5, 5.41) is 0. The Balaban J connectivity index is 2.28. The van der Waals surface area contributed by atoms with Gasteiger partial charge < -0.3 is 4.74 Å². The third-order valence-corrected chi connectivity index (χ3v) is 2.32. The van der Waals surface area contributed by atoms with Crippen molar-refractivity contribution in [3.05, 3.63) is 11.1 Å². The Bertz CT molecular complexity index is 201. The molecule has 0 radical (unpaired) electrons. The molecule has 0 aliphatic carbocycles. The number of aliphatic imine (C=N–C) groups is 1. The number of unbranched alkanes of at least 4 members (excludes halogenated alkanes) is 1. The van der Waals surface area contributed by atoms with Crippen LogP contribution in [-0.4, -0.2) is 18.5 Å². The van der Waals surface area contributed by atoms with E-state index in [4.69, 9.17) is 4.74 Å². The quantitative estimate of drug-likeness (QED) is 0.730. The predicted octanol–water partition coefficient (Wildman–Crippen LogP) is 2.88. The molecule has 0 saturated carbocycles. The second-order valence-corrected chi connectivity index (χ2v) is 3.91. The van der Waals surface area contributed by atoms with Gasteiger partial charge in [0.1, 0.15) is 0 Å². The number of ether oxygens (including phenoxy) is 1. The number of hydrogen-bond donors (Lipinski definition) is 0. The van der Waals surface area contributed by atoms with Gasteiger partial charge in [0.05, 0.1) is 6.54 Å². The summed E-state index contributed by atoms with van der Waals surface area (Å²) in [5.74, 6) is 0.891. The molecule has 68 valence electrons. The fraction of sp³-hybridized carbons (Fsp3) is 0.667. The Morgan fingerprint density at radius 3 is 3.08 bits per heavy atom. The smallest absolute Gasteiger partial charge is 0.184 e. The monoisotopic (exact) mass is 231 g/mol. The molecule has 0 amide bonds. The second-order valence-electron chi connectivity index (χ2n) is 2.89. The van der Waals surface area contributed by atoms with Gasteiger partial charge in [-0.2, -0.15) is 0 Å². The van der Waals surface area contributed by atoms with Crippen LogP contribution in [-0.2, 0) is 4.74 Å². The van der Waals surface area contributed by atoms with E-state index >= 15 is 0 Å². The van der Waals surface area contributed by atoms with E-state index in [9.17, 15) is 0 Å². The molecule has 1 rings (SSSR count). The van der Waals surface area contributed by atoms with Crippen LogP contribution in [0.3, 0.4) is 0 Å². The van der Waals surface area contributed by atoms with Crippen LogP contribution in [0.15, 0.2) is 16.1 Å². The Kier molecular flexibility index (Phi) is 3.79. The van der Waals surface area contributed by atoms with Gasteiger partial charge in [-0.15, -0.1) is 0 Å². The van der Waals surface area contributed by atoms with Gasteiger partial charge in [0.15, 0.2) is 12.0 Å². The first-order valence-electron chi connectivity index (χ1n) is 4.28. The zero-order valence-electron chi connectivity index (χ0n) is 7.35. The highest BCUT2D eigenvalue weighted by Crippen LogP contribution is 2.18. The number of nitrogens with zero attached hydrogens (tertiary/aromatic N) is 1.